The molecule has 0 spiro atoms. The van der Waals surface area contributed by atoms with E-state index in [0.29, 0.717) is 39.3 Å². The highest BCUT2D eigenvalue weighted by Gasteiger charge is 2.27. The van der Waals surface area contributed by atoms with Gasteiger partial charge in [-0.05, 0) is 35.7 Å². The molecule has 1 N–H and O–H groups in total. The van der Waals surface area contributed by atoms with Crippen molar-refractivity contribution in [2.24, 2.45) is 0 Å². The van der Waals surface area contributed by atoms with Gasteiger partial charge < -0.3 is 14.5 Å². The predicted molar refractivity (Wildman–Crippen MR) is 120 cm³/mol. The number of fused-ring (bicyclic) bond motifs is 1. The Balaban J connectivity index is 1.37. The number of sulfonamides is 1. The van der Waals surface area contributed by atoms with Crippen molar-refractivity contribution < 1.29 is 22.7 Å². The Morgan fingerprint density at radius 1 is 0.938 bits per heavy atom. The number of benzene rings is 2. The van der Waals surface area contributed by atoms with Crippen LogP contribution in [0.1, 0.15) is 24.0 Å². The average molecular weight is 458 g/mol. The second-order valence-electron chi connectivity index (χ2n) is 7.89. The zero-order chi connectivity index (χ0) is 22.6. The summed E-state index contributed by atoms with van der Waals surface area (Å²) in [7, 11) is -3.67. The van der Waals surface area contributed by atoms with Gasteiger partial charge in [0.05, 0.1) is 18.1 Å². The van der Waals surface area contributed by atoms with Crippen LogP contribution < -0.4 is 9.62 Å². The van der Waals surface area contributed by atoms with Crippen LogP contribution in [0.25, 0.3) is 0 Å². The number of carbonyl (C=O) groups excluding carboxylic acids is 2. The third kappa shape index (κ3) is 5.17. The smallest absolute Gasteiger partial charge is 0.240 e. The first-order valence-electron chi connectivity index (χ1n) is 10.8. The predicted octanol–water partition coefficient (Wildman–Crippen LogP) is 1.69. The van der Waals surface area contributed by atoms with Crippen molar-refractivity contribution in [3.05, 3.63) is 59.7 Å². The minimum atomic E-state index is -3.67. The Morgan fingerprint density at radius 3 is 2.41 bits per heavy atom. The highest BCUT2D eigenvalue weighted by atomic mass is 32.2. The lowest BCUT2D eigenvalue weighted by molar-refractivity contribution is -0.136. The average Bonchev–Trinajstić information content (AvgIpc) is 3.26. The van der Waals surface area contributed by atoms with E-state index in [1.807, 2.05) is 30.3 Å². The van der Waals surface area contributed by atoms with Gasteiger partial charge in [-0.25, -0.2) is 13.1 Å². The number of rotatable bonds is 7. The van der Waals surface area contributed by atoms with Crippen LogP contribution in [0.4, 0.5) is 5.69 Å². The van der Waals surface area contributed by atoms with Gasteiger partial charge in [-0.2, -0.15) is 0 Å². The Bertz CT molecular complexity index is 1080. The number of anilines is 1. The van der Waals surface area contributed by atoms with Crippen LogP contribution in [0.15, 0.2) is 53.4 Å². The van der Waals surface area contributed by atoms with E-state index in [0.717, 1.165) is 16.8 Å². The first-order chi connectivity index (χ1) is 15.4. The van der Waals surface area contributed by atoms with Gasteiger partial charge in [0.1, 0.15) is 0 Å². The molecule has 2 aromatic carbocycles. The van der Waals surface area contributed by atoms with Crippen LogP contribution in [-0.4, -0.2) is 58.0 Å². The fourth-order valence-electron chi connectivity index (χ4n) is 3.98. The molecule has 0 saturated carbocycles. The van der Waals surface area contributed by atoms with Gasteiger partial charge in [-0.15, -0.1) is 0 Å². The molecule has 170 valence electrons. The molecule has 1 fully saturated rings. The number of carbonyl (C=O) groups is 2. The van der Waals surface area contributed by atoms with Crippen molar-refractivity contribution in [1.82, 2.24) is 9.62 Å². The molecule has 2 amide bonds. The first kappa shape index (κ1) is 22.4. The first-order valence-corrected chi connectivity index (χ1v) is 12.2. The maximum Gasteiger partial charge on any atom is 0.240 e. The van der Waals surface area contributed by atoms with Crippen LogP contribution in [0, 0.1) is 0 Å². The van der Waals surface area contributed by atoms with Crippen molar-refractivity contribution in [3.63, 3.8) is 0 Å². The summed E-state index contributed by atoms with van der Waals surface area (Å²) in [5, 5.41) is 0. The number of ether oxygens (including phenoxy) is 1. The number of nitrogens with zero attached hydrogens (tertiary/aromatic N) is 2. The van der Waals surface area contributed by atoms with Gasteiger partial charge in [-0.3, -0.25) is 9.59 Å². The van der Waals surface area contributed by atoms with E-state index in [-0.39, 0.29) is 36.1 Å². The summed E-state index contributed by atoms with van der Waals surface area (Å²) in [6.45, 7) is 2.89. The third-order valence-electron chi connectivity index (χ3n) is 5.78. The van der Waals surface area contributed by atoms with Gasteiger partial charge in [0.25, 0.3) is 0 Å². The van der Waals surface area contributed by atoms with Crippen LogP contribution in [0.5, 0.6) is 0 Å². The van der Waals surface area contributed by atoms with Crippen LogP contribution >= 0.6 is 0 Å². The quantitative estimate of drug-likeness (QED) is 0.683. The fraction of sp³-hybridized carbons (Fsp3) is 0.391. The third-order valence-corrected chi connectivity index (χ3v) is 7.18. The van der Waals surface area contributed by atoms with E-state index in [1.54, 1.807) is 21.9 Å². The topological polar surface area (TPSA) is 96.0 Å². The van der Waals surface area contributed by atoms with Gasteiger partial charge in [0, 0.05) is 44.7 Å². The molecule has 0 aromatic heterocycles. The standard InChI is InChI=1S/C23H27N3O5S/c27-22(25-12-14-31-15-13-25)8-9-23(28)26-11-10-19-16-20(6-7-21(19)26)32(29,30)24-17-18-4-2-1-3-5-18/h1-7,16,24H,8-15,17H2. The summed E-state index contributed by atoms with van der Waals surface area (Å²) in [5.74, 6) is -0.157. The number of nitrogens with one attached hydrogen (secondary N) is 1. The summed E-state index contributed by atoms with van der Waals surface area (Å²) in [4.78, 5) is 28.6. The molecule has 2 aliphatic heterocycles. The number of amides is 2. The molecule has 8 nitrogen and oxygen atoms in total. The summed E-state index contributed by atoms with van der Waals surface area (Å²) in [6, 6.07) is 14.2. The second-order valence-corrected chi connectivity index (χ2v) is 9.66. The normalized spacial score (nSPS) is 16.1. The van der Waals surface area contributed by atoms with Crippen LogP contribution in [-0.2, 0) is 37.3 Å². The lowest BCUT2D eigenvalue weighted by Gasteiger charge is -2.27. The Morgan fingerprint density at radius 2 is 1.66 bits per heavy atom. The molecular weight excluding hydrogens is 430 g/mol. The molecular formula is C23H27N3O5S. The van der Waals surface area contributed by atoms with Gasteiger partial charge in [0.2, 0.25) is 21.8 Å². The monoisotopic (exact) mass is 457 g/mol. The van der Waals surface area contributed by atoms with E-state index in [9.17, 15) is 18.0 Å². The van der Waals surface area contributed by atoms with Gasteiger partial charge in [0.15, 0.2) is 0 Å². The van der Waals surface area contributed by atoms with Gasteiger partial charge in [-0.1, -0.05) is 30.3 Å². The van der Waals surface area contributed by atoms with E-state index in [1.165, 1.54) is 6.07 Å². The Kier molecular flexibility index (Phi) is 6.88. The number of hydrogen-bond donors (Lipinski definition) is 1. The molecule has 32 heavy (non-hydrogen) atoms. The summed E-state index contributed by atoms with van der Waals surface area (Å²) in [6.07, 6.45) is 0.884. The molecule has 2 heterocycles. The highest BCUT2D eigenvalue weighted by molar-refractivity contribution is 7.89. The van der Waals surface area contributed by atoms with Gasteiger partial charge >= 0.3 is 0 Å². The lowest BCUT2D eigenvalue weighted by Crippen LogP contribution is -2.41. The molecule has 1 saturated heterocycles. The maximum absolute atomic E-state index is 12.7. The van der Waals surface area contributed by atoms with E-state index in [4.69, 9.17) is 4.74 Å². The SMILES string of the molecule is O=C(CCC(=O)N1CCc2cc(S(=O)(=O)NCc3ccccc3)ccc21)N1CCOCC1. The molecule has 9 heteroatoms. The molecule has 2 aromatic rings. The molecule has 0 atom stereocenters. The maximum atomic E-state index is 12.7. The van der Waals surface area contributed by atoms with Crippen molar-refractivity contribution >= 4 is 27.5 Å². The molecule has 0 bridgehead atoms. The molecule has 0 radical (unpaired) electrons. The fourth-order valence-corrected chi connectivity index (χ4v) is 5.05. The molecule has 4 rings (SSSR count). The molecule has 2 aliphatic rings. The summed E-state index contributed by atoms with van der Waals surface area (Å²) in [5.41, 5.74) is 2.41. The van der Waals surface area contributed by atoms with Crippen molar-refractivity contribution in [2.75, 3.05) is 37.7 Å². The van der Waals surface area contributed by atoms with Crippen molar-refractivity contribution in [1.29, 1.82) is 0 Å². The summed E-state index contributed by atoms with van der Waals surface area (Å²) >= 11 is 0. The Hall–Kier alpha value is -2.75. The van der Waals surface area contributed by atoms with E-state index >= 15 is 0 Å². The lowest BCUT2D eigenvalue weighted by atomic mass is 10.2. The molecule has 0 aliphatic carbocycles. The summed E-state index contributed by atoms with van der Waals surface area (Å²) < 4.78 is 33.3. The highest BCUT2D eigenvalue weighted by Crippen LogP contribution is 2.31. The zero-order valence-electron chi connectivity index (χ0n) is 17.8. The molecule has 0 unspecified atom stereocenters. The second kappa shape index (κ2) is 9.81. The zero-order valence-corrected chi connectivity index (χ0v) is 18.6. The van der Waals surface area contributed by atoms with Crippen molar-refractivity contribution in [3.8, 4) is 0 Å². The van der Waals surface area contributed by atoms with Crippen molar-refractivity contribution in [2.45, 2.75) is 30.7 Å². The van der Waals surface area contributed by atoms with E-state index < -0.39 is 10.0 Å². The van der Waals surface area contributed by atoms with Crippen LogP contribution in [0.3, 0.4) is 0 Å². The minimum Gasteiger partial charge on any atom is -0.378 e. The van der Waals surface area contributed by atoms with Crippen LogP contribution in [0.2, 0.25) is 0 Å². The van der Waals surface area contributed by atoms with E-state index in [2.05, 4.69) is 4.72 Å². The number of morpholine rings is 1. The largest absolute Gasteiger partial charge is 0.378 e. The number of hydrogen-bond acceptors (Lipinski definition) is 5. The Labute approximate surface area is 188 Å². The minimum absolute atomic E-state index is 0.0352.